The van der Waals surface area contributed by atoms with E-state index in [1.807, 2.05) is 0 Å². The van der Waals surface area contributed by atoms with E-state index >= 15 is 0 Å². The highest BCUT2D eigenvalue weighted by Crippen LogP contribution is 2.42. The van der Waals surface area contributed by atoms with Gasteiger partial charge in [-0.05, 0) is 25.7 Å². The first-order valence-electron chi connectivity index (χ1n) is 3.96. The van der Waals surface area contributed by atoms with Crippen LogP contribution in [-0.4, -0.2) is 43.8 Å². The molecule has 0 aromatic rings. The SMILES string of the molecule is CN1CC2CNCP(C2)C1. The van der Waals surface area contributed by atoms with Crippen LogP contribution >= 0.6 is 7.92 Å². The number of hydrogen-bond acceptors (Lipinski definition) is 2. The quantitative estimate of drug-likeness (QED) is 0.518. The summed E-state index contributed by atoms with van der Waals surface area (Å²) in [6.07, 6.45) is 4.22. The Labute approximate surface area is 63.7 Å². The maximum atomic E-state index is 3.51. The van der Waals surface area contributed by atoms with Crippen molar-refractivity contribution in [3.8, 4) is 0 Å². The van der Waals surface area contributed by atoms with Gasteiger partial charge in [-0.3, -0.25) is 0 Å². The van der Waals surface area contributed by atoms with Crippen molar-refractivity contribution in [3.63, 3.8) is 0 Å². The molecule has 3 heteroatoms. The molecule has 2 unspecified atom stereocenters. The molecule has 2 saturated heterocycles. The third-order valence-corrected chi connectivity index (χ3v) is 4.88. The van der Waals surface area contributed by atoms with Crippen LogP contribution in [0.3, 0.4) is 0 Å². The fourth-order valence-corrected chi connectivity index (χ4v) is 4.55. The second-order valence-electron chi connectivity index (χ2n) is 3.51. The molecule has 2 atom stereocenters. The lowest BCUT2D eigenvalue weighted by atomic mass is 10.1. The summed E-state index contributed by atoms with van der Waals surface area (Å²) in [5.74, 6) is 0.971. The lowest BCUT2D eigenvalue weighted by molar-refractivity contribution is 0.297. The first-order chi connectivity index (χ1) is 4.84. The molecule has 2 fully saturated rings. The first kappa shape index (κ1) is 7.02. The Morgan fingerprint density at radius 3 is 3.30 bits per heavy atom. The highest BCUT2D eigenvalue weighted by molar-refractivity contribution is 7.57. The van der Waals surface area contributed by atoms with Crippen LogP contribution < -0.4 is 5.32 Å². The van der Waals surface area contributed by atoms with Crippen LogP contribution in [0, 0.1) is 5.92 Å². The van der Waals surface area contributed by atoms with E-state index in [1.165, 1.54) is 31.8 Å². The van der Waals surface area contributed by atoms with E-state index < -0.39 is 0 Å². The van der Waals surface area contributed by atoms with Crippen molar-refractivity contribution in [2.45, 2.75) is 0 Å². The number of fused-ring (bicyclic) bond motifs is 2. The average Bonchev–Trinajstić information content (AvgIpc) is 1.85. The van der Waals surface area contributed by atoms with Gasteiger partial charge in [-0.25, -0.2) is 0 Å². The van der Waals surface area contributed by atoms with Crippen molar-refractivity contribution >= 4 is 7.92 Å². The Kier molecular flexibility index (Phi) is 1.94. The third kappa shape index (κ3) is 1.34. The van der Waals surface area contributed by atoms with E-state index in [-0.39, 0.29) is 0 Å². The van der Waals surface area contributed by atoms with Crippen LogP contribution in [0.15, 0.2) is 0 Å². The van der Waals surface area contributed by atoms with Crippen LogP contribution in [0.2, 0.25) is 0 Å². The molecule has 2 aliphatic rings. The summed E-state index contributed by atoms with van der Waals surface area (Å²) >= 11 is 0. The third-order valence-electron chi connectivity index (χ3n) is 2.30. The molecule has 0 aliphatic carbocycles. The van der Waals surface area contributed by atoms with Crippen molar-refractivity contribution in [1.29, 1.82) is 0 Å². The van der Waals surface area contributed by atoms with Gasteiger partial charge in [-0.2, -0.15) is 0 Å². The Morgan fingerprint density at radius 2 is 2.50 bits per heavy atom. The van der Waals surface area contributed by atoms with Crippen molar-refractivity contribution < 1.29 is 0 Å². The predicted molar refractivity (Wildman–Crippen MR) is 45.6 cm³/mol. The molecule has 0 aromatic carbocycles. The fraction of sp³-hybridized carbons (Fsp3) is 1.00. The maximum absolute atomic E-state index is 3.51. The number of rotatable bonds is 0. The summed E-state index contributed by atoms with van der Waals surface area (Å²) in [4.78, 5) is 2.50. The molecular formula is C7H15N2P. The van der Waals surface area contributed by atoms with Gasteiger partial charge in [0.05, 0.1) is 0 Å². The van der Waals surface area contributed by atoms with E-state index in [9.17, 15) is 0 Å². The smallest absolute Gasteiger partial charge is 0.0192 e. The molecule has 10 heavy (non-hydrogen) atoms. The Morgan fingerprint density at radius 1 is 1.60 bits per heavy atom. The lowest BCUT2D eigenvalue weighted by Crippen LogP contribution is -2.44. The monoisotopic (exact) mass is 158 g/mol. The zero-order valence-electron chi connectivity index (χ0n) is 6.51. The molecule has 0 aromatic heterocycles. The van der Waals surface area contributed by atoms with E-state index in [2.05, 4.69) is 17.3 Å². The zero-order chi connectivity index (χ0) is 6.97. The summed E-state index contributed by atoms with van der Waals surface area (Å²) in [5.41, 5.74) is 0. The van der Waals surface area contributed by atoms with Gasteiger partial charge in [0.2, 0.25) is 0 Å². The number of nitrogens with zero attached hydrogens (tertiary/aromatic N) is 1. The van der Waals surface area contributed by atoms with Crippen LogP contribution in [0.25, 0.3) is 0 Å². The van der Waals surface area contributed by atoms with E-state index in [1.54, 1.807) is 0 Å². The summed E-state index contributed by atoms with van der Waals surface area (Å²) in [7, 11) is 2.61. The average molecular weight is 158 g/mol. The molecule has 0 amide bonds. The summed E-state index contributed by atoms with van der Waals surface area (Å²) in [6, 6.07) is 0. The molecule has 0 saturated carbocycles. The minimum absolute atomic E-state index is 0.353. The minimum Gasteiger partial charge on any atom is -0.312 e. The lowest BCUT2D eigenvalue weighted by Gasteiger charge is -2.40. The van der Waals surface area contributed by atoms with Gasteiger partial charge < -0.3 is 10.2 Å². The molecule has 2 rings (SSSR count). The molecule has 2 nitrogen and oxygen atoms in total. The molecule has 58 valence electrons. The Balaban J connectivity index is 1.98. The largest absolute Gasteiger partial charge is 0.312 e. The molecule has 0 spiro atoms. The van der Waals surface area contributed by atoms with E-state index in [0.717, 1.165) is 5.92 Å². The normalized spacial score (nSPS) is 41.7. The van der Waals surface area contributed by atoms with Crippen LogP contribution in [0.4, 0.5) is 0 Å². The van der Waals surface area contributed by atoms with Crippen LogP contribution in [0.1, 0.15) is 0 Å². The summed E-state index contributed by atoms with van der Waals surface area (Å²) < 4.78 is 0. The van der Waals surface area contributed by atoms with Gasteiger partial charge in [0, 0.05) is 19.1 Å². The molecule has 2 bridgehead atoms. The van der Waals surface area contributed by atoms with Crippen LogP contribution in [-0.2, 0) is 0 Å². The fourth-order valence-electron chi connectivity index (χ4n) is 1.99. The van der Waals surface area contributed by atoms with Crippen LogP contribution in [0.5, 0.6) is 0 Å². The molecule has 2 heterocycles. The molecule has 0 radical (unpaired) electrons. The van der Waals surface area contributed by atoms with Gasteiger partial charge in [-0.15, -0.1) is 0 Å². The number of nitrogens with one attached hydrogen (secondary N) is 1. The highest BCUT2D eigenvalue weighted by Gasteiger charge is 2.27. The highest BCUT2D eigenvalue weighted by atomic mass is 31.1. The topological polar surface area (TPSA) is 15.3 Å². The van der Waals surface area contributed by atoms with Crippen molar-refractivity contribution in [1.82, 2.24) is 10.2 Å². The summed E-state index contributed by atoms with van der Waals surface area (Å²) in [6.45, 7) is 2.59. The van der Waals surface area contributed by atoms with Gasteiger partial charge >= 0.3 is 0 Å². The Hall–Kier alpha value is 0.350. The van der Waals surface area contributed by atoms with Gasteiger partial charge in [-0.1, -0.05) is 7.92 Å². The minimum atomic E-state index is 0.353. The second kappa shape index (κ2) is 2.77. The van der Waals surface area contributed by atoms with E-state index in [0.29, 0.717) is 7.92 Å². The second-order valence-corrected chi connectivity index (χ2v) is 5.82. The van der Waals surface area contributed by atoms with Crippen molar-refractivity contribution in [2.24, 2.45) is 5.92 Å². The predicted octanol–water partition coefficient (Wildman–Crippen LogP) is 0.548. The van der Waals surface area contributed by atoms with Gasteiger partial charge in [0.1, 0.15) is 0 Å². The van der Waals surface area contributed by atoms with Gasteiger partial charge in [0.15, 0.2) is 0 Å². The zero-order valence-corrected chi connectivity index (χ0v) is 7.40. The van der Waals surface area contributed by atoms with Crippen molar-refractivity contribution in [3.05, 3.63) is 0 Å². The van der Waals surface area contributed by atoms with Crippen molar-refractivity contribution in [2.75, 3.05) is 38.9 Å². The first-order valence-corrected chi connectivity index (χ1v) is 5.86. The van der Waals surface area contributed by atoms with Gasteiger partial charge in [0.25, 0.3) is 0 Å². The Bertz CT molecular complexity index is 113. The molecule has 1 N–H and O–H groups in total. The number of hydrogen-bond donors (Lipinski definition) is 1. The maximum Gasteiger partial charge on any atom is 0.0192 e. The standard InChI is InChI=1S/C7H15N2P/c1-9-3-7-2-8-5-10(4-7)6-9/h7-8H,2-6H2,1H3. The molecule has 2 aliphatic heterocycles. The molecular weight excluding hydrogens is 143 g/mol. The summed E-state index contributed by atoms with van der Waals surface area (Å²) in [5, 5.41) is 3.51. The van der Waals surface area contributed by atoms with E-state index in [4.69, 9.17) is 0 Å².